The molecule has 0 saturated carbocycles. The number of nitrogens with zero attached hydrogens (tertiary/aromatic N) is 1. The van der Waals surface area contributed by atoms with Crippen molar-refractivity contribution in [2.24, 2.45) is 11.8 Å². The SMILES string of the molecule is O=C(OC(Cc1ccccc1)c1ccccc1)C1CN2CCC1CC2. The molecule has 3 aliphatic rings. The van der Waals surface area contributed by atoms with Gasteiger partial charge in [0.05, 0.1) is 5.92 Å². The first-order valence-corrected chi connectivity index (χ1v) is 9.31. The number of fused-ring (bicyclic) bond motifs is 3. The molecule has 25 heavy (non-hydrogen) atoms. The molecule has 5 rings (SSSR count). The van der Waals surface area contributed by atoms with Crippen LogP contribution < -0.4 is 0 Å². The van der Waals surface area contributed by atoms with Gasteiger partial charge in [-0.2, -0.15) is 0 Å². The maximum Gasteiger partial charge on any atom is 0.311 e. The van der Waals surface area contributed by atoms with E-state index in [9.17, 15) is 4.79 Å². The van der Waals surface area contributed by atoms with Crippen molar-refractivity contribution in [1.29, 1.82) is 0 Å². The van der Waals surface area contributed by atoms with E-state index in [4.69, 9.17) is 4.74 Å². The minimum atomic E-state index is -0.216. The summed E-state index contributed by atoms with van der Waals surface area (Å²) < 4.78 is 6.07. The number of esters is 1. The first-order valence-electron chi connectivity index (χ1n) is 9.31. The topological polar surface area (TPSA) is 29.5 Å². The number of carbonyl (C=O) groups excluding carboxylic acids is 1. The van der Waals surface area contributed by atoms with Crippen molar-refractivity contribution in [2.75, 3.05) is 19.6 Å². The van der Waals surface area contributed by atoms with Crippen molar-refractivity contribution in [3.8, 4) is 0 Å². The molecule has 3 saturated heterocycles. The van der Waals surface area contributed by atoms with Crippen molar-refractivity contribution in [3.05, 3.63) is 71.8 Å². The summed E-state index contributed by atoms with van der Waals surface area (Å²) in [5, 5.41) is 0. The predicted octanol–water partition coefficient (Wildman–Crippen LogP) is 3.86. The Morgan fingerprint density at radius 1 is 1.00 bits per heavy atom. The Kier molecular flexibility index (Phi) is 4.84. The van der Waals surface area contributed by atoms with Gasteiger partial charge in [-0.05, 0) is 43.0 Å². The highest BCUT2D eigenvalue weighted by Gasteiger charge is 2.40. The molecule has 0 spiro atoms. The molecule has 0 N–H and O–H groups in total. The lowest BCUT2D eigenvalue weighted by molar-refractivity contribution is -0.161. The predicted molar refractivity (Wildman–Crippen MR) is 98.1 cm³/mol. The van der Waals surface area contributed by atoms with Gasteiger partial charge in [-0.25, -0.2) is 0 Å². The second kappa shape index (κ2) is 7.40. The first kappa shape index (κ1) is 16.3. The average molecular weight is 335 g/mol. The molecule has 3 heterocycles. The maximum absolute atomic E-state index is 12.9. The number of hydrogen-bond acceptors (Lipinski definition) is 3. The van der Waals surface area contributed by atoms with E-state index in [1.54, 1.807) is 0 Å². The van der Waals surface area contributed by atoms with E-state index in [-0.39, 0.29) is 18.0 Å². The number of ether oxygens (including phenoxy) is 1. The highest BCUT2D eigenvalue weighted by atomic mass is 16.5. The third-order valence-electron chi connectivity index (χ3n) is 5.65. The monoisotopic (exact) mass is 335 g/mol. The molecule has 3 nitrogen and oxygen atoms in total. The number of piperidine rings is 3. The molecule has 0 amide bonds. The molecule has 0 aliphatic carbocycles. The highest BCUT2D eigenvalue weighted by Crippen LogP contribution is 2.34. The van der Waals surface area contributed by atoms with Crippen molar-refractivity contribution < 1.29 is 9.53 Å². The minimum absolute atomic E-state index is 0.0146. The fourth-order valence-electron chi connectivity index (χ4n) is 4.18. The fourth-order valence-corrected chi connectivity index (χ4v) is 4.18. The van der Waals surface area contributed by atoms with Crippen LogP contribution in [0.5, 0.6) is 0 Å². The molecular formula is C22H25NO2. The quantitative estimate of drug-likeness (QED) is 0.777. The summed E-state index contributed by atoms with van der Waals surface area (Å²) >= 11 is 0. The zero-order valence-corrected chi connectivity index (χ0v) is 14.5. The lowest BCUT2D eigenvalue weighted by atomic mass is 9.79. The molecule has 2 unspecified atom stereocenters. The second-order valence-electron chi connectivity index (χ2n) is 7.27. The zero-order chi connectivity index (χ0) is 17.1. The van der Waals surface area contributed by atoms with Crippen molar-refractivity contribution in [3.63, 3.8) is 0 Å². The summed E-state index contributed by atoms with van der Waals surface area (Å²) in [6.45, 7) is 3.15. The smallest absolute Gasteiger partial charge is 0.311 e. The van der Waals surface area contributed by atoms with Gasteiger partial charge in [0.1, 0.15) is 6.10 Å². The molecule has 3 aliphatic heterocycles. The Bertz CT molecular complexity index is 692. The summed E-state index contributed by atoms with van der Waals surface area (Å²) in [6, 6.07) is 20.4. The van der Waals surface area contributed by atoms with Crippen molar-refractivity contribution in [1.82, 2.24) is 4.90 Å². The Balaban J connectivity index is 1.51. The van der Waals surface area contributed by atoms with E-state index in [1.165, 1.54) is 5.56 Å². The van der Waals surface area contributed by atoms with E-state index in [2.05, 4.69) is 29.2 Å². The Labute approximate surface area is 149 Å². The van der Waals surface area contributed by atoms with Crippen LogP contribution in [0.2, 0.25) is 0 Å². The summed E-state index contributed by atoms with van der Waals surface area (Å²) in [7, 11) is 0. The first-order chi connectivity index (χ1) is 12.3. The van der Waals surface area contributed by atoms with Gasteiger partial charge in [-0.15, -0.1) is 0 Å². The van der Waals surface area contributed by atoms with Crippen LogP contribution in [-0.4, -0.2) is 30.5 Å². The van der Waals surface area contributed by atoms with Crippen LogP contribution in [-0.2, 0) is 16.0 Å². The van der Waals surface area contributed by atoms with Crippen LogP contribution in [0.1, 0.15) is 30.1 Å². The van der Waals surface area contributed by atoms with Crippen LogP contribution in [0.3, 0.4) is 0 Å². The van der Waals surface area contributed by atoms with Crippen molar-refractivity contribution in [2.45, 2.75) is 25.4 Å². The lowest BCUT2D eigenvalue weighted by Crippen LogP contribution is -2.50. The third-order valence-corrected chi connectivity index (χ3v) is 5.65. The van der Waals surface area contributed by atoms with Gasteiger partial charge in [0, 0.05) is 13.0 Å². The molecule has 3 heteroatoms. The fraction of sp³-hybridized carbons (Fsp3) is 0.409. The lowest BCUT2D eigenvalue weighted by Gasteiger charge is -2.43. The molecule has 130 valence electrons. The van der Waals surface area contributed by atoms with E-state index < -0.39 is 0 Å². The van der Waals surface area contributed by atoms with Gasteiger partial charge in [0.15, 0.2) is 0 Å². The Hall–Kier alpha value is -2.13. The Morgan fingerprint density at radius 3 is 2.24 bits per heavy atom. The van der Waals surface area contributed by atoms with Crippen molar-refractivity contribution >= 4 is 5.97 Å². The van der Waals surface area contributed by atoms with Crippen LogP contribution in [0.4, 0.5) is 0 Å². The average Bonchev–Trinajstić information content (AvgIpc) is 2.70. The zero-order valence-electron chi connectivity index (χ0n) is 14.5. The standard InChI is InChI=1S/C22H25NO2/c24-22(20-16-23-13-11-18(20)12-14-23)25-21(19-9-5-2-6-10-19)15-17-7-3-1-4-8-17/h1-10,18,20-21H,11-16H2. The van der Waals surface area contributed by atoms with Gasteiger partial charge < -0.3 is 9.64 Å². The van der Waals surface area contributed by atoms with Crippen LogP contribution in [0, 0.1) is 11.8 Å². The molecule has 0 radical (unpaired) electrons. The molecule has 2 bridgehead atoms. The van der Waals surface area contributed by atoms with E-state index in [1.807, 2.05) is 36.4 Å². The third kappa shape index (κ3) is 3.77. The largest absolute Gasteiger partial charge is 0.457 e. The van der Waals surface area contributed by atoms with Crippen LogP contribution in [0.25, 0.3) is 0 Å². The molecule has 2 atom stereocenters. The van der Waals surface area contributed by atoms with E-state index >= 15 is 0 Å². The van der Waals surface area contributed by atoms with Gasteiger partial charge in [0.25, 0.3) is 0 Å². The molecule has 2 aromatic rings. The van der Waals surface area contributed by atoms with Gasteiger partial charge in [-0.1, -0.05) is 60.7 Å². The van der Waals surface area contributed by atoms with Gasteiger partial charge in [-0.3, -0.25) is 4.79 Å². The summed E-state index contributed by atoms with van der Waals surface area (Å²) in [6.07, 6.45) is 2.77. The number of benzene rings is 2. The Morgan fingerprint density at radius 2 is 1.64 bits per heavy atom. The normalized spacial score (nSPS) is 26.2. The number of rotatable bonds is 5. The summed E-state index contributed by atoms with van der Waals surface area (Å²) in [4.78, 5) is 15.3. The molecule has 0 aromatic heterocycles. The molecular weight excluding hydrogens is 310 g/mol. The molecule has 3 fully saturated rings. The number of carbonyl (C=O) groups is 1. The van der Waals surface area contributed by atoms with Gasteiger partial charge in [0.2, 0.25) is 0 Å². The second-order valence-corrected chi connectivity index (χ2v) is 7.27. The van der Waals surface area contributed by atoms with Crippen LogP contribution in [0.15, 0.2) is 60.7 Å². The van der Waals surface area contributed by atoms with Gasteiger partial charge >= 0.3 is 5.97 Å². The minimum Gasteiger partial charge on any atom is -0.457 e. The molecule has 2 aromatic carbocycles. The number of hydrogen-bond donors (Lipinski definition) is 0. The maximum atomic E-state index is 12.9. The van der Waals surface area contributed by atoms with Crippen LogP contribution >= 0.6 is 0 Å². The van der Waals surface area contributed by atoms with E-state index in [0.717, 1.165) is 44.5 Å². The summed E-state index contributed by atoms with van der Waals surface area (Å²) in [5.74, 6) is 0.536. The summed E-state index contributed by atoms with van der Waals surface area (Å²) in [5.41, 5.74) is 2.26. The highest BCUT2D eigenvalue weighted by molar-refractivity contribution is 5.73. The van der Waals surface area contributed by atoms with E-state index in [0.29, 0.717) is 5.92 Å².